The SMILES string of the molecule is FC1(F)C2CC/C=C\CCC3C(CCC21)C3(F)F. The van der Waals surface area contributed by atoms with Crippen molar-refractivity contribution in [3.05, 3.63) is 12.2 Å². The summed E-state index contributed by atoms with van der Waals surface area (Å²) in [5.41, 5.74) is 0. The van der Waals surface area contributed by atoms with Crippen molar-refractivity contribution in [2.45, 2.75) is 50.4 Å². The largest absolute Gasteiger partial charge is 0.254 e. The molecule has 4 heteroatoms. The highest BCUT2D eigenvalue weighted by Gasteiger charge is 2.70. The molecule has 0 amide bonds. The van der Waals surface area contributed by atoms with Crippen molar-refractivity contribution in [2.75, 3.05) is 0 Å². The van der Waals surface area contributed by atoms with Gasteiger partial charge in [-0.2, -0.15) is 0 Å². The van der Waals surface area contributed by atoms with Gasteiger partial charge >= 0.3 is 0 Å². The average Bonchev–Trinajstić information content (AvgIpc) is 2.98. The second-order valence-electron chi connectivity index (χ2n) is 5.98. The fourth-order valence-corrected chi connectivity index (χ4v) is 3.64. The third-order valence-electron chi connectivity index (χ3n) is 4.97. The molecule has 0 spiro atoms. The van der Waals surface area contributed by atoms with Gasteiger partial charge in [0, 0.05) is 23.7 Å². The van der Waals surface area contributed by atoms with E-state index in [2.05, 4.69) is 0 Å². The number of hydrogen-bond acceptors (Lipinski definition) is 0. The van der Waals surface area contributed by atoms with Gasteiger partial charge in [-0.15, -0.1) is 0 Å². The molecule has 0 bridgehead atoms. The van der Waals surface area contributed by atoms with Crippen molar-refractivity contribution in [1.29, 1.82) is 0 Å². The molecule has 0 radical (unpaired) electrons. The average molecular weight is 262 g/mol. The predicted molar refractivity (Wildman–Crippen MR) is 60.7 cm³/mol. The summed E-state index contributed by atoms with van der Waals surface area (Å²) < 4.78 is 53.8. The smallest absolute Gasteiger partial charge is 0.206 e. The van der Waals surface area contributed by atoms with E-state index >= 15 is 0 Å². The Morgan fingerprint density at radius 1 is 0.611 bits per heavy atom. The van der Waals surface area contributed by atoms with E-state index in [9.17, 15) is 17.6 Å². The molecule has 102 valence electrons. The Bertz CT molecular complexity index is 327. The van der Waals surface area contributed by atoms with Crippen molar-refractivity contribution in [1.82, 2.24) is 0 Å². The summed E-state index contributed by atoms with van der Waals surface area (Å²) in [5, 5.41) is 0. The van der Waals surface area contributed by atoms with Gasteiger partial charge in [0.15, 0.2) is 0 Å². The lowest BCUT2D eigenvalue weighted by Gasteiger charge is -1.99. The Balaban J connectivity index is 1.67. The van der Waals surface area contributed by atoms with Gasteiger partial charge in [0.2, 0.25) is 0 Å². The number of halogens is 4. The molecular weight excluding hydrogens is 244 g/mol. The van der Waals surface area contributed by atoms with Crippen LogP contribution in [0.15, 0.2) is 12.2 Å². The maximum atomic E-state index is 13.5. The second kappa shape index (κ2) is 3.97. The molecule has 3 aliphatic carbocycles. The lowest BCUT2D eigenvalue weighted by atomic mass is 10.0. The Morgan fingerprint density at radius 3 is 1.33 bits per heavy atom. The molecule has 0 nitrogen and oxygen atoms in total. The first-order chi connectivity index (χ1) is 8.45. The molecule has 0 aromatic rings. The molecule has 4 unspecified atom stereocenters. The summed E-state index contributed by atoms with van der Waals surface area (Å²) in [5.74, 6) is -7.59. The van der Waals surface area contributed by atoms with Crippen LogP contribution in [-0.2, 0) is 0 Å². The normalized spacial score (nSPS) is 46.9. The van der Waals surface area contributed by atoms with Crippen LogP contribution in [0, 0.1) is 23.7 Å². The van der Waals surface area contributed by atoms with Crippen molar-refractivity contribution < 1.29 is 17.6 Å². The van der Waals surface area contributed by atoms with Crippen LogP contribution in [0.4, 0.5) is 17.6 Å². The fourth-order valence-electron chi connectivity index (χ4n) is 3.64. The zero-order valence-electron chi connectivity index (χ0n) is 10.2. The molecule has 2 saturated carbocycles. The quantitative estimate of drug-likeness (QED) is 0.440. The van der Waals surface area contributed by atoms with Gasteiger partial charge in [0.05, 0.1) is 0 Å². The first-order valence-corrected chi connectivity index (χ1v) is 6.86. The van der Waals surface area contributed by atoms with E-state index in [4.69, 9.17) is 0 Å². The van der Waals surface area contributed by atoms with Gasteiger partial charge < -0.3 is 0 Å². The van der Waals surface area contributed by atoms with Crippen molar-refractivity contribution >= 4 is 0 Å². The zero-order chi connectivity index (χ0) is 13.0. The van der Waals surface area contributed by atoms with Crippen LogP contribution >= 0.6 is 0 Å². The molecule has 2 fully saturated rings. The number of hydrogen-bond donors (Lipinski definition) is 0. The molecule has 3 aliphatic rings. The summed E-state index contributed by atoms with van der Waals surface area (Å²) in [4.78, 5) is 0. The van der Waals surface area contributed by atoms with Crippen LogP contribution in [-0.4, -0.2) is 11.8 Å². The first-order valence-electron chi connectivity index (χ1n) is 6.86. The van der Waals surface area contributed by atoms with E-state index in [1.807, 2.05) is 12.2 Å². The predicted octanol–water partition coefficient (Wildman–Crippen LogP) is 4.66. The van der Waals surface area contributed by atoms with Gasteiger partial charge in [-0.05, 0) is 38.5 Å². The third kappa shape index (κ3) is 1.88. The van der Waals surface area contributed by atoms with Crippen molar-refractivity contribution in [3.8, 4) is 0 Å². The van der Waals surface area contributed by atoms with E-state index in [0.29, 0.717) is 25.7 Å². The summed E-state index contributed by atoms with van der Waals surface area (Å²) in [6.45, 7) is 0. The molecule has 4 atom stereocenters. The number of allylic oxidation sites excluding steroid dienone is 2. The van der Waals surface area contributed by atoms with Gasteiger partial charge in [-0.3, -0.25) is 0 Å². The van der Waals surface area contributed by atoms with Crippen LogP contribution in [0.5, 0.6) is 0 Å². The van der Waals surface area contributed by atoms with Crippen LogP contribution < -0.4 is 0 Å². The van der Waals surface area contributed by atoms with Gasteiger partial charge in [-0.25, -0.2) is 17.6 Å². The first kappa shape index (κ1) is 12.5. The maximum Gasteiger partial charge on any atom is 0.254 e. The zero-order valence-corrected chi connectivity index (χ0v) is 10.2. The molecule has 0 heterocycles. The molecule has 0 aliphatic heterocycles. The Hall–Kier alpha value is -0.540. The Morgan fingerprint density at radius 2 is 0.944 bits per heavy atom. The molecule has 18 heavy (non-hydrogen) atoms. The van der Waals surface area contributed by atoms with E-state index in [1.54, 1.807) is 0 Å². The van der Waals surface area contributed by atoms with E-state index in [1.165, 1.54) is 0 Å². The van der Waals surface area contributed by atoms with Crippen LogP contribution in [0.1, 0.15) is 38.5 Å². The molecule has 3 rings (SSSR count). The van der Waals surface area contributed by atoms with E-state index < -0.39 is 35.5 Å². The second-order valence-corrected chi connectivity index (χ2v) is 5.98. The summed E-state index contributed by atoms with van der Waals surface area (Å²) in [6, 6.07) is 0. The highest BCUT2D eigenvalue weighted by Crippen LogP contribution is 2.64. The number of fused-ring (bicyclic) bond motifs is 2. The standard InChI is InChI=1S/C14H18F4/c15-13(16)9-5-3-1-2-4-6-10-12(14(10,17)18)8-7-11(9)13/h1-2,9-12H,3-8H2/b2-1-. The minimum absolute atomic E-state index is 0.276. The third-order valence-corrected chi connectivity index (χ3v) is 4.97. The van der Waals surface area contributed by atoms with Gasteiger partial charge in [-0.1, -0.05) is 12.2 Å². The topological polar surface area (TPSA) is 0 Å². The molecule has 0 saturated heterocycles. The Kier molecular flexibility index (Phi) is 2.76. The lowest BCUT2D eigenvalue weighted by molar-refractivity contribution is 0.0725. The highest BCUT2D eigenvalue weighted by molar-refractivity contribution is 5.10. The van der Waals surface area contributed by atoms with Gasteiger partial charge in [0.25, 0.3) is 11.8 Å². The monoisotopic (exact) mass is 262 g/mol. The summed E-state index contributed by atoms with van der Waals surface area (Å²) in [6.07, 6.45) is 6.61. The van der Waals surface area contributed by atoms with E-state index in [-0.39, 0.29) is 12.8 Å². The van der Waals surface area contributed by atoms with Crippen LogP contribution in [0.3, 0.4) is 0 Å². The van der Waals surface area contributed by atoms with Crippen LogP contribution in [0.2, 0.25) is 0 Å². The summed E-state index contributed by atoms with van der Waals surface area (Å²) in [7, 11) is 0. The molecule has 0 aromatic carbocycles. The molecular formula is C14H18F4. The number of rotatable bonds is 0. The van der Waals surface area contributed by atoms with Crippen LogP contribution in [0.25, 0.3) is 0 Å². The maximum absolute atomic E-state index is 13.5. The fraction of sp³-hybridized carbons (Fsp3) is 0.857. The van der Waals surface area contributed by atoms with Gasteiger partial charge in [0.1, 0.15) is 0 Å². The van der Waals surface area contributed by atoms with Crippen molar-refractivity contribution in [3.63, 3.8) is 0 Å². The highest BCUT2D eigenvalue weighted by atomic mass is 19.3. The molecule has 0 N–H and O–H groups in total. The number of alkyl halides is 4. The van der Waals surface area contributed by atoms with Crippen molar-refractivity contribution in [2.24, 2.45) is 23.7 Å². The summed E-state index contributed by atoms with van der Waals surface area (Å²) >= 11 is 0. The molecule has 0 aromatic heterocycles. The Labute approximate surface area is 104 Å². The lowest BCUT2D eigenvalue weighted by Crippen LogP contribution is -1.98. The minimum Gasteiger partial charge on any atom is -0.206 e. The minimum atomic E-state index is -2.60. The van der Waals surface area contributed by atoms with E-state index in [0.717, 1.165) is 0 Å².